The van der Waals surface area contributed by atoms with E-state index in [1.807, 2.05) is 20.9 Å². The first-order chi connectivity index (χ1) is 29.2. The maximum Gasteiger partial charge on any atom is 0.306 e. The van der Waals surface area contributed by atoms with Crippen molar-refractivity contribution in [2.75, 3.05) is 73.0 Å². The normalized spacial score (nSPS) is 11.4. The zero-order valence-electron chi connectivity index (χ0n) is 39.9. The van der Waals surface area contributed by atoms with Crippen molar-refractivity contribution in [1.29, 1.82) is 0 Å². The number of aldehydes is 1. The van der Waals surface area contributed by atoms with Crippen LogP contribution in [0.5, 0.6) is 0 Å². The van der Waals surface area contributed by atoms with Gasteiger partial charge in [-0.1, -0.05) is 129 Å². The summed E-state index contributed by atoms with van der Waals surface area (Å²) in [6, 6.07) is 0. The number of carbonyl (C=O) groups is 4. The molecule has 0 amide bonds. The van der Waals surface area contributed by atoms with Crippen molar-refractivity contribution < 1.29 is 53.4 Å². The summed E-state index contributed by atoms with van der Waals surface area (Å²) in [6.07, 6.45) is 24.8. The number of likely N-dealkylation sites (N-methyl/N-ethyl adjacent to an activating group) is 1. The van der Waals surface area contributed by atoms with Crippen LogP contribution in [0.4, 0.5) is 0 Å². The third kappa shape index (κ3) is 72.1. The summed E-state index contributed by atoms with van der Waals surface area (Å²) in [4.78, 5) is 41.7. The number of aliphatic carboxylic acids is 2. The summed E-state index contributed by atoms with van der Waals surface area (Å²) in [7, 11) is 1.90. The summed E-state index contributed by atoms with van der Waals surface area (Å²) in [5.74, 6) is -1.49. The number of carboxylic acid groups (broad SMARTS) is 2. The van der Waals surface area contributed by atoms with E-state index in [9.17, 15) is 19.2 Å². The second-order valence-electron chi connectivity index (χ2n) is 15.8. The molecule has 0 saturated heterocycles. The number of ketones is 1. The number of unbranched alkanes of at least 4 members (excludes halogenated alkanes) is 15. The van der Waals surface area contributed by atoms with E-state index in [0.29, 0.717) is 77.5 Å². The molecule has 5 N–H and O–H groups in total. The number of carbonyl (C=O) groups excluding carboxylic acids is 2. The minimum absolute atomic E-state index is 0.0958. The molecule has 13 nitrogen and oxygen atoms in total. The van der Waals surface area contributed by atoms with Gasteiger partial charge < -0.3 is 54.5 Å². The molecule has 0 heterocycles. The zero-order chi connectivity index (χ0) is 46.6. The predicted octanol–water partition coefficient (Wildman–Crippen LogP) is 9.49. The summed E-state index contributed by atoms with van der Waals surface area (Å²) in [6.45, 7) is 22.5. The molecular weight excluding hydrogens is 781 g/mol. The Morgan fingerprint density at radius 3 is 1.52 bits per heavy atom. The van der Waals surface area contributed by atoms with Gasteiger partial charge in [-0.25, -0.2) is 0 Å². The Labute approximate surface area is 372 Å². The second kappa shape index (κ2) is 55.3. The van der Waals surface area contributed by atoms with Gasteiger partial charge in [0.25, 0.3) is 0 Å². The van der Waals surface area contributed by atoms with Crippen LogP contribution in [0.3, 0.4) is 0 Å². The highest BCUT2D eigenvalue weighted by molar-refractivity contribution is 5.75. The van der Waals surface area contributed by atoms with Crippen LogP contribution in [-0.4, -0.2) is 118 Å². The first-order valence-corrected chi connectivity index (χ1v) is 23.3. The number of hydrogen-bond acceptors (Lipinski definition) is 11. The van der Waals surface area contributed by atoms with Crippen LogP contribution in [0.1, 0.15) is 176 Å². The van der Waals surface area contributed by atoms with E-state index in [1.165, 1.54) is 89.9 Å². The fraction of sp³-hybridized carbons (Fsp3) is 0.833. The van der Waals surface area contributed by atoms with E-state index in [0.717, 1.165) is 56.5 Å². The molecule has 0 fully saturated rings. The molecule has 61 heavy (non-hydrogen) atoms. The number of carboxylic acids is 2. The molecule has 2 atom stereocenters. The molecule has 0 aliphatic rings. The van der Waals surface area contributed by atoms with E-state index in [1.54, 1.807) is 13.8 Å². The molecule has 0 saturated carbocycles. The van der Waals surface area contributed by atoms with Gasteiger partial charge in [-0.3, -0.25) is 9.59 Å². The molecule has 0 bridgehead atoms. The number of ether oxygens (including phenoxy) is 4. The van der Waals surface area contributed by atoms with Gasteiger partial charge in [-0.05, 0) is 59.9 Å². The number of hydrogen-bond donors (Lipinski definition) is 5. The van der Waals surface area contributed by atoms with E-state index in [4.69, 9.17) is 34.3 Å². The van der Waals surface area contributed by atoms with E-state index >= 15 is 0 Å². The van der Waals surface area contributed by atoms with Crippen LogP contribution in [-0.2, 0) is 38.1 Å². The number of aliphatic hydroxyl groups is 1. The first-order valence-electron chi connectivity index (χ1n) is 23.3. The highest BCUT2D eigenvalue weighted by Gasteiger charge is 2.10. The van der Waals surface area contributed by atoms with Crippen molar-refractivity contribution in [3.05, 3.63) is 24.4 Å². The van der Waals surface area contributed by atoms with Gasteiger partial charge in [0.05, 0.1) is 58.3 Å². The van der Waals surface area contributed by atoms with Crippen molar-refractivity contribution in [2.24, 2.45) is 5.92 Å². The molecule has 1 unspecified atom stereocenters. The van der Waals surface area contributed by atoms with E-state index in [2.05, 4.69) is 30.7 Å². The lowest BCUT2D eigenvalue weighted by atomic mass is 10.0. The number of aliphatic hydroxyl groups excluding tert-OH is 1. The summed E-state index contributed by atoms with van der Waals surface area (Å²) in [5, 5.41) is 32.1. The molecule has 0 radical (unpaired) electrons. The average Bonchev–Trinajstić information content (AvgIpc) is 3.20. The third-order valence-corrected chi connectivity index (χ3v) is 9.09. The Morgan fingerprint density at radius 1 is 0.623 bits per heavy atom. The Bertz CT molecular complexity index is 967. The standard InChI is InChI=1S/C19H36O3.C13H23NO5.C9H19NO2.C7H16O/c1-18(20)16-14-12-10-8-6-4-2-3-5-7-9-11-13-15-17-19(21)22;1-11(13(16)17)3-4-12(2)14-5-7-18-9-10-19-8-6-15;1-9(2)8-12-7-6-11-5-4-10-3;1-3-4-5-6-7(2)8/h2-17H2,1H3,(H,21,22);6,11,14H,2-5,7-10H2,1H3,(H,16,17);10H,1,4-8H2,2-3H3;7-8H,3-6H2,1-2H3/t;;;7-/m...0/s1. The van der Waals surface area contributed by atoms with Gasteiger partial charge >= 0.3 is 11.9 Å². The fourth-order valence-electron chi connectivity index (χ4n) is 5.36. The Kier molecular flexibility index (Phi) is 58.9. The van der Waals surface area contributed by atoms with Crippen molar-refractivity contribution >= 4 is 24.0 Å². The third-order valence-electron chi connectivity index (χ3n) is 9.09. The van der Waals surface area contributed by atoms with Crippen molar-refractivity contribution in [2.45, 2.75) is 182 Å². The molecule has 362 valence electrons. The summed E-state index contributed by atoms with van der Waals surface area (Å²) < 4.78 is 20.6. The SMILES string of the molecule is C=C(C)COCCOCCNC.C=C(CCC(C)C(=O)O)NCCOCCOCC=O.CC(=O)CCCCCCCCCCCCCCCCC(=O)O.CCCCC[C@H](C)O. The van der Waals surface area contributed by atoms with Gasteiger partial charge in [0, 0.05) is 31.6 Å². The van der Waals surface area contributed by atoms with Crippen molar-refractivity contribution in [3.63, 3.8) is 0 Å². The summed E-state index contributed by atoms with van der Waals surface area (Å²) in [5.41, 5.74) is 1.86. The maximum absolute atomic E-state index is 10.8. The molecule has 0 spiro atoms. The molecule has 13 heteroatoms. The molecule has 0 aromatic rings. The highest BCUT2D eigenvalue weighted by atomic mass is 16.5. The lowest BCUT2D eigenvalue weighted by Crippen LogP contribution is -2.20. The van der Waals surface area contributed by atoms with Crippen LogP contribution < -0.4 is 10.6 Å². The minimum Gasteiger partial charge on any atom is -0.481 e. The van der Waals surface area contributed by atoms with Crippen molar-refractivity contribution in [1.82, 2.24) is 10.6 Å². The molecular formula is C48H94N2O11. The molecule has 0 aromatic heterocycles. The molecule has 0 aliphatic carbocycles. The fourth-order valence-corrected chi connectivity index (χ4v) is 5.36. The molecule has 0 rings (SSSR count). The maximum atomic E-state index is 10.8. The van der Waals surface area contributed by atoms with Gasteiger partial charge in [-0.15, -0.1) is 0 Å². The number of nitrogens with one attached hydrogen (secondary N) is 2. The quantitative estimate of drug-likeness (QED) is 0.0222. The average molecular weight is 875 g/mol. The Balaban J connectivity index is -0.000000377. The number of rotatable bonds is 42. The lowest BCUT2D eigenvalue weighted by molar-refractivity contribution is -0.141. The van der Waals surface area contributed by atoms with Gasteiger partial charge in [0.1, 0.15) is 18.7 Å². The van der Waals surface area contributed by atoms with Gasteiger partial charge in [-0.2, -0.15) is 0 Å². The van der Waals surface area contributed by atoms with E-state index < -0.39 is 11.9 Å². The van der Waals surface area contributed by atoms with Crippen molar-refractivity contribution in [3.8, 4) is 0 Å². The number of allylic oxidation sites excluding steroid dienone is 1. The van der Waals surface area contributed by atoms with E-state index in [-0.39, 0.29) is 18.6 Å². The Morgan fingerprint density at radius 2 is 1.10 bits per heavy atom. The predicted molar refractivity (Wildman–Crippen MR) is 249 cm³/mol. The summed E-state index contributed by atoms with van der Waals surface area (Å²) >= 11 is 0. The highest BCUT2D eigenvalue weighted by Crippen LogP contribution is 2.14. The largest absolute Gasteiger partial charge is 0.481 e. The van der Waals surface area contributed by atoms with Gasteiger partial charge in [0.15, 0.2) is 0 Å². The van der Waals surface area contributed by atoms with Crippen LogP contribution >= 0.6 is 0 Å². The van der Waals surface area contributed by atoms with Gasteiger partial charge in [0.2, 0.25) is 0 Å². The molecule has 0 aromatic carbocycles. The second-order valence-corrected chi connectivity index (χ2v) is 15.8. The Hall–Kier alpha value is -2.68. The lowest BCUT2D eigenvalue weighted by Gasteiger charge is -2.11. The zero-order valence-corrected chi connectivity index (χ0v) is 39.9. The number of Topliss-reactive ketones (excluding diaryl/α,β-unsaturated/α-hetero) is 1. The van der Waals surface area contributed by atoms with Crippen LogP contribution in [0, 0.1) is 5.92 Å². The van der Waals surface area contributed by atoms with Crippen LogP contribution in [0.15, 0.2) is 24.4 Å². The topological polar surface area (TPSA) is 190 Å². The smallest absolute Gasteiger partial charge is 0.306 e. The van der Waals surface area contributed by atoms with Crippen LogP contribution in [0.2, 0.25) is 0 Å². The van der Waals surface area contributed by atoms with Crippen LogP contribution in [0.25, 0.3) is 0 Å². The first kappa shape index (κ1) is 64.9. The minimum atomic E-state index is -0.786. The monoisotopic (exact) mass is 875 g/mol. The molecule has 0 aliphatic heterocycles.